The zero-order chi connectivity index (χ0) is 10.2. The van der Waals surface area contributed by atoms with Crippen LogP contribution in [0, 0.1) is 5.41 Å². The van der Waals surface area contributed by atoms with E-state index in [1.54, 1.807) is 0 Å². The fourth-order valence-electron chi connectivity index (χ4n) is 2.65. The van der Waals surface area contributed by atoms with Crippen molar-refractivity contribution < 1.29 is 14.7 Å². The van der Waals surface area contributed by atoms with E-state index in [1.807, 2.05) is 0 Å². The maximum atomic E-state index is 11.7. The molecule has 1 atom stereocenters. The highest BCUT2D eigenvalue weighted by atomic mass is 16.4. The summed E-state index contributed by atoms with van der Waals surface area (Å²) in [5, 5.41) is 11.4. The summed E-state index contributed by atoms with van der Waals surface area (Å²) in [4.78, 5) is 22.4. The fourth-order valence-corrected chi connectivity index (χ4v) is 2.65. The molecular weight excluding hydrogens is 182 g/mol. The first kappa shape index (κ1) is 9.49. The number of carbonyl (C=O) groups excluding carboxylic acids is 1. The number of rotatable bonds is 1. The number of carboxylic acids is 1. The summed E-state index contributed by atoms with van der Waals surface area (Å²) < 4.78 is 0. The average molecular weight is 197 g/mol. The second kappa shape index (κ2) is 3.26. The molecule has 0 aromatic carbocycles. The molecule has 1 unspecified atom stereocenters. The Morgan fingerprint density at radius 2 is 2.00 bits per heavy atom. The Bertz CT molecular complexity index is 269. The lowest BCUT2D eigenvalue weighted by Gasteiger charge is -2.30. The van der Waals surface area contributed by atoms with E-state index in [0.29, 0.717) is 6.42 Å². The van der Waals surface area contributed by atoms with Crippen molar-refractivity contribution >= 4 is 11.9 Å². The molecule has 0 radical (unpaired) electrons. The molecule has 2 fully saturated rings. The van der Waals surface area contributed by atoms with Crippen LogP contribution in [0.3, 0.4) is 0 Å². The molecule has 0 aromatic rings. The van der Waals surface area contributed by atoms with Gasteiger partial charge in [0.2, 0.25) is 5.91 Å². The molecule has 2 aliphatic rings. The summed E-state index contributed by atoms with van der Waals surface area (Å²) in [5.74, 6) is -0.939. The molecule has 2 N–H and O–H groups in total. The molecule has 1 aliphatic carbocycles. The van der Waals surface area contributed by atoms with Crippen LogP contribution in [-0.2, 0) is 9.59 Å². The third-order valence-corrected chi connectivity index (χ3v) is 3.49. The number of amides is 1. The molecule has 1 saturated heterocycles. The van der Waals surface area contributed by atoms with E-state index in [9.17, 15) is 9.59 Å². The van der Waals surface area contributed by atoms with Gasteiger partial charge in [0, 0.05) is 0 Å². The Hall–Kier alpha value is -1.06. The van der Waals surface area contributed by atoms with Crippen molar-refractivity contribution in [3.8, 4) is 0 Å². The number of hydrogen-bond donors (Lipinski definition) is 2. The first-order valence-corrected chi connectivity index (χ1v) is 5.18. The second-order valence-electron chi connectivity index (χ2n) is 4.41. The van der Waals surface area contributed by atoms with E-state index in [4.69, 9.17) is 5.11 Å². The van der Waals surface area contributed by atoms with Crippen LogP contribution >= 0.6 is 0 Å². The highest BCUT2D eigenvalue weighted by Gasteiger charge is 2.48. The molecule has 14 heavy (non-hydrogen) atoms. The average Bonchev–Trinajstić information content (AvgIpc) is 2.46. The lowest BCUT2D eigenvalue weighted by atomic mass is 9.72. The van der Waals surface area contributed by atoms with Crippen LogP contribution in [0.15, 0.2) is 0 Å². The minimum Gasteiger partial charge on any atom is -0.480 e. The predicted octanol–water partition coefficient (Wildman–Crippen LogP) is 0.910. The third kappa shape index (κ3) is 1.38. The van der Waals surface area contributed by atoms with Gasteiger partial charge < -0.3 is 10.4 Å². The van der Waals surface area contributed by atoms with Gasteiger partial charge in [-0.1, -0.05) is 19.3 Å². The van der Waals surface area contributed by atoms with E-state index in [0.717, 1.165) is 25.7 Å². The maximum Gasteiger partial charge on any atom is 0.326 e. The smallest absolute Gasteiger partial charge is 0.326 e. The van der Waals surface area contributed by atoms with Crippen LogP contribution in [0.2, 0.25) is 0 Å². The van der Waals surface area contributed by atoms with Gasteiger partial charge in [0.15, 0.2) is 0 Å². The monoisotopic (exact) mass is 197 g/mol. The summed E-state index contributed by atoms with van der Waals surface area (Å²) >= 11 is 0. The van der Waals surface area contributed by atoms with Crippen molar-refractivity contribution in [3.63, 3.8) is 0 Å². The SMILES string of the molecule is O=C(O)C1CC2(CCCCC2)C(=O)N1. The molecule has 1 spiro atoms. The predicted molar refractivity (Wildman–Crippen MR) is 49.7 cm³/mol. The summed E-state index contributed by atoms with van der Waals surface area (Å²) in [5.41, 5.74) is -0.346. The van der Waals surface area contributed by atoms with Gasteiger partial charge in [0.25, 0.3) is 0 Å². The van der Waals surface area contributed by atoms with Crippen molar-refractivity contribution in [3.05, 3.63) is 0 Å². The Morgan fingerprint density at radius 1 is 1.36 bits per heavy atom. The van der Waals surface area contributed by atoms with Gasteiger partial charge in [0.1, 0.15) is 6.04 Å². The molecular formula is C10H15NO3. The zero-order valence-electron chi connectivity index (χ0n) is 8.08. The Labute approximate surface area is 82.7 Å². The van der Waals surface area contributed by atoms with E-state index in [-0.39, 0.29) is 11.3 Å². The van der Waals surface area contributed by atoms with Gasteiger partial charge >= 0.3 is 5.97 Å². The van der Waals surface area contributed by atoms with Gasteiger partial charge in [-0.25, -0.2) is 4.79 Å². The highest BCUT2D eigenvalue weighted by molar-refractivity contribution is 5.91. The second-order valence-corrected chi connectivity index (χ2v) is 4.41. The Morgan fingerprint density at radius 3 is 2.50 bits per heavy atom. The van der Waals surface area contributed by atoms with E-state index < -0.39 is 12.0 Å². The molecule has 0 aromatic heterocycles. The minimum atomic E-state index is -0.902. The number of carboxylic acid groups (broad SMARTS) is 1. The molecule has 2 rings (SSSR count). The highest BCUT2D eigenvalue weighted by Crippen LogP contribution is 2.43. The molecule has 1 heterocycles. The quantitative estimate of drug-likeness (QED) is 0.656. The topological polar surface area (TPSA) is 66.4 Å². The fraction of sp³-hybridized carbons (Fsp3) is 0.800. The van der Waals surface area contributed by atoms with Crippen LogP contribution in [0.25, 0.3) is 0 Å². The lowest BCUT2D eigenvalue weighted by Crippen LogP contribution is -2.35. The molecule has 78 valence electrons. The maximum absolute atomic E-state index is 11.7. The molecule has 1 amide bonds. The molecule has 4 nitrogen and oxygen atoms in total. The largest absolute Gasteiger partial charge is 0.480 e. The van der Waals surface area contributed by atoms with Gasteiger partial charge in [0.05, 0.1) is 5.41 Å². The van der Waals surface area contributed by atoms with E-state index in [1.165, 1.54) is 6.42 Å². The van der Waals surface area contributed by atoms with Gasteiger partial charge in [-0.15, -0.1) is 0 Å². The Balaban J connectivity index is 2.13. The van der Waals surface area contributed by atoms with Crippen molar-refractivity contribution in [2.45, 2.75) is 44.6 Å². The third-order valence-electron chi connectivity index (χ3n) is 3.49. The van der Waals surface area contributed by atoms with E-state index in [2.05, 4.69) is 5.32 Å². The summed E-state index contributed by atoms with van der Waals surface area (Å²) in [6.07, 6.45) is 5.50. The van der Waals surface area contributed by atoms with Crippen LogP contribution in [0.5, 0.6) is 0 Å². The summed E-state index contributed by atoms with van der Waals surface area (Å²) in [7, 11) is 0. The van der Waals surface area contributed by atoms with Gasteiger partial charge in [-0.05, 0) is 19.3 Å². The number of carbonyl (C=O) groups is 2. The van der Waals surface area contributed by atoms with Gasteiger partial charge in [-0.2, -0.15) is 0 Å². The first-order valence-electron chi connectivity index (χ1n) is 5.18. The zero-order valence-corrected chi connectivity index (χ0v) is 8.08. The van der Waals surface area contributed by atoms with Crippen molar-refractivity contribution in [1.29, 1.82) is 0 Å². The van der Waals surface area contributed by atoms with Crippen LogP contribution in [0.4, 0.5) is 0 Å². The molecule has 4 heteroatoms. The van der Waals surface area contributed by atoms with Crippen LogP contribution < -0.4 is 5.32 Å². The molecule has 1 saturated carbocycles. The molecule has 0 bridgehead atoms. The number of aliphatic carboxylic acids is 1. The van der Waals surface area contributed by atoms with Crippen molar-refractivity contribution in [1.82, 2.24) is 5.32 Å². The molecule has 1 aliphatic heterocycles. The first-order chi connectivity index (χ1) is 6.64. The van der Waals surface area contributed by atoms with Crippen LogP contribution in [0.1, 0.15) is 38.5 Å². The van der Waals surface area contributed by atoms with Crippen molar-refractivity contribution in [2.24, 2.45) is 5.41 Å². The Kier molecular flexibility index (Phi) is 2.21. The van der Waals surface area contributed by atoms with Gasteiger partial charge in [-0.3, -0.25) is 4.79 Å². The lowest BCUT2D eigenvalue weighted by molar-refractivity contribution is -0.140. The number of hydrogen-bond acceptors (Lipinski definition) is 2. The minimum absolute atomic E-state index is 0.0374. The van der Waals surface area contributed by atoms with Crippen LogP contribution in [-0.4, -0.2) is 23.0 Å². The summed E-state index contributed by atoms with van der Waals surface area (Å²) in [6.45, 7) is 0. The summed E-state index contributed by atoms with van der Waals surface area (Å²) in [6, 6.07) is -0.652. The van der Waals surface area contributed by atoms with E-state index >= 15 is 0 Å². The standard InChI is InChI=1S/C10H15NO3/c12-8(13)7-6-10(9(14)11-7)4-2-1-3-5-10/h7H,1-6H2,(H,11,14)(H,12,13). The number of nitrogens with one attached hydrogen (secondary N) is 1. The normalized spacial score (nSPS) is 30.3. The van der Waals surface area contributed by atoms with Crippen molar-refractivity contribution in [2.75, 3.05) is 0 Å².